The first-order chi connectivity index (χ1) is 10.7. The molecule has 3 rings (SSSR count). The van der Waals surface area contributed by atoms with Crippen molar-refractivity contribution in [1.29, 1.82) is 0 Å². The number of alkyl carbamates (subject to hydrolysis) is 1. The molecule has 1 amide bonds. The molecule has 118 valence electrons. The van der Waals surface area contributed by atoms with Gasteiger partial charge in [0.05, 0.1) is 12.3 Å². The molecule has 7 heteroatoms. The van der Waals surface area contributed by atoms with E-state index in [1.807, 2.05) is 0 Å². The molecule has 1 aromatic rings. The van der Waals surface area contributed by atoms with Gasteiger partial charge in [0.15, 0.2) is 0 Å². The van der Waals surface area contributed by atoms with Crippen LogP contribution in [-0.4, -0.2) is 42.1 Å². The maximum absolute atomic E-state index is 11.6. The molecule has 1 N–H and O–H groups in total. The van der Waals surface area contributed by atoms with Gasteiger partial charge in [-0.05, 0) is 49.9 Å². The quantitative estimate of drug-likeness (QED) is 0.661. The van der Waals surface area contributed by atoms with Crippen molar-refractivity contribution in [2.24, 2.45) is 17.8 Å². The summed E-state index contributed by atoms with van der Waals surface area (Å²) in [5.74, 6) is 1.80. The molecule has 22 heavy (non-hydrogen) atoms. The number of nitrogens with one attached hydrogen (secondary N) is 1. The molecule has 3 unspecified atom stereocenters. The van der Waals surface area contributed by atoms with Crippen molar-refractivity contribution < 1.29 is 9.53 Å². The van der Waals surface area contributed by atoms with Crippen LogP contribution in [0.15, 0.2) is 0 Å². The lowest BCUT2D eigenvalue weighted by Crippen LogP contribution is -2.26. The Morgan fingerprint density at radius 3 is 2.95 bits per heavy atom. The first kappa shape index (κ1) is 15.4. The van der Waals surface area contributed by atoms with Crippen LogP contribution in [0, 0.1) is 17.8 Å². The number of carbonyl (C=O) groups excluding carboxylic acids is 1. The highest BCUT2D eigenvalue weighted by Crippen LogP contribution is 2.52. The van der Waals surface area contributed by atoms with Crippen molar-refractivity contribution >= 4 is 14.1 Å². The van der Waals surface area contributed by atoms with Gasteiger partial charge in [-0.1, -0.05) is 18.6 Å². The van der Waals surface area contributed by atoms with E-state index in [0.717, 1.165) is 49.9 Å². The van der Waals surface area contributed by atoms with Gasteiger partial charge in [-0.3, -0.25) is 0 Å². The van der Waals surface area contributed by atoms with Gasteiger partial charge in [-0.2, -0.15) is 0 Å². The molecule has 1 heterocycles. The molecule has 0 aliphatic heterocycles. The second-order valence-corrected chi connectivity index (χ2v) is 6.38. The molecule has 0 saturated heterocycles. The van der Waals surface area contributed by atoms with Crippen LogP contribution >= 0.6 is 0 Å². The Morgan fingerprint density at radius 1 is 1.41 bits per heavy atom. The minimum atomic E-state index is -0.282. The van der Waals surface area contributed by atoms with Gasteiger partial charge in [0.1, 0.15) is 0 Å². The number of nitrogens with zero attached hydrogens (tertiary/aromatic N) is 3. The molecule has 1 saturated carbocycles. The van der Waals surface area contributed by atoms with Crippen molar-refractivity contribution in [2.45, 2.75) is 45.4 Å². The second-order valence-electron chi connectivity index (χ2n) is 6.38. The van der Waals surface area contributed by atoms with Crippen LogP contribution in [-0.2, 0) is 17.6 Å². The van der Waals surface area contributed by atoms with Gasteiger partial charge in [0.2, 0.25) is 0 Å². The number of rotatable bonds is 5. The van der Waals surface area contributed by atoms with E-state index in [2.05, 4.69) is 22.6 Å². The lowest BCUT2D eigenvalue weighted by atomic mass is 10.0. The van der Waals surface area contributed by atoms with Crippen molar-refractivity contribution in [3.63, 3.8) is 0 Å². The maximum atomic E-state index is 11.6. The lowest BCUT2D eigenvalue weighted by molar-refractivity contribution is 0.137. The van der Waals surface area contributed by atoms with E-state index in [4.69, 9.17) is 12.7 Å². The molecular weight excluding hydrogens is 279 g/mol. The molecule has 0 bridgehead atoms. The summed E-state index contributed by atoms with van der Waals surface area (Å²) in [4.78, 5) is 11.6. The van der Waals surface area contributed by atoms with E-state index in [1.54, 1.807) is 0 Å². The number of aromatic nitrogens is 3. The van der Waals surface area contributed by atoms with Crippen molar-refractivity contribution in [3.8, 4) is 0 Å². The molecule has 0 spiro atoms. The number of hydrogen-bond acceptors (Lipinski definition) is 4. The maximum Gasteiger partial charge on any atom is 0.407 e. The highest BCUT2D eigenvalue weighted by molar-refractivity contribution is 6.06. The summed E-state index contributed by atoms with van der Waals surface area (Å²) < 4.78 is 6.77. The number of carbonyl (C=O) groups is 1. The SMILES string of the molecule is [B]n1nnc2c1CCC1C(CC2)C1COC(=O)NCCCC. The normalized spacial score (nSPS) is 26.3. The summed E-state index contributed by atoms with van der Waals surface area (Å²) in [6.45, 7) is 3.33. The average molecular weight is 302 g/mol. The third-order valence-electron chi connectivity index (χ3n) is 5.02. The van der Waals surface area contributed by atoms with Crippen LogP contribution in [0.3, 0.4) is 0 Å². The number of aryl methyl sites for hydroxylation is 1. The molecular formula is C15H23BN4O2. The molecule has 0 aromatic carbocycles. The van der Waals surface area contributed by atoms with Crippen LogP contribution in [0.5, 0.6) is 0 Å². The number of fused-ring (bicyclic) bond motifs is 2. The van der Waals surface area contributed by atoms with Gasteiger partial charge in [-0.25, -0.2) is 4.79 Å². The Morgan fingerprint density at radius 2 is 2.18 bits per heavy atom. The van der Waals surface area contributed by atoms with E-state index < -0.39 is 0 Å². The minimum absolute atomic E-state index is 0.282. The van der Waals surface area contributed by atoms with E-state index in [0.29, 0.717) is 30.9 Å². The number of unbranched alkanes of at least 4 members (excludes halogenated alkanes) is 1. The molecule has 3 atom stereocenters. The van der Waals surface area contributed by atoms with Crippen LogP contribution in [0.1, 0.15) is 44.0 Å². The Labute approximate surface area is 132 Å². The van der Waals surface area contributed by atoms with E-state index in [9.17, 15) is 4.79 Å². The zero-order valence-corrected chi connectivity index (χ0v) is 13.1. The Balaban J connectivity index is 1.44. The third kappa shape index (κ3) is 3.28. The van der Waals surface area contributed by atoms with Gasteiger partial charge >= 0.3 is 6.09 Å². The fourth-order valence-corrected chi connectivity index (χ4v) is 3.62. The summed E-state index contributed by atoms with van der Waals surface area (Å²) in [5, 5.41) is 10.8. The Kier molecular flexibility index (Phi) is 4.69. The van der Waals surface area contributed by atoms with Crippen molar-refractivity contribution in [3.05, 3.63) is 11.4 Å². The molecule has 6 nitrogen and oxygen atoms in total. The standard InChI is InChI=1S/C15H23BN4O2/c1-2-3-8-17-15(21)22-9-12-10-4-6-13-14(7-5-11(10)12)20(16)19-18-13/h10-12H,2-9H2,1H3,(H,17,21). The molecule has 2 aliphatic rings. The Bertz CT molecular complexity index is 534. The summed E-state index contributed by atoms with van der Waals surface area (Å²) in [5.41, 5.74) is 2.09. The largest absolute Gasteiger partial charge is 0.449 e. The predicted molar refractivity (Wildman–Crippen MR) is 82.5 cm³/mol. The number of hydrogen-bond donors (Lipinski definition) is 1. The van der Waals surface area contributed by atoms with Gasteiger partial charge in [-0.15, -0.1) is 5.10 Å². The summed E-state index contributed by atoms with van der Waals surface area (Å²) in [7, 11) is 5.80. The Hall–Kier alpha value is -1.53. The summed E-state index contributed by atoms with van der Waals surface area (Å²) in [6, 6.07) is 0. The topological polar surface area (TPSA) is 69.0 Å². The fraction of sp³-hybridized carbons (Fsp3) is 0.800. The van der Waals surface area contributed by atoms with Crippen LogP contribution in [0.4, 0.5) is 4.79 Å². The average Bonchev–Trinajstić information content (AvgIpc) is 3.02. The summed E-state index contributed by atoms with van der Waals surface area (Å²) >= 11 is 0. The summed E-state index contributed by atoms with van der Waals surface area (Å²) in [6.07, 6.45) is 5.78. The smallest absolute Gasteiger partial charge is 0.407 e. The molecule has 1 aromatic heterocycles. The zero-order chi connectivity index (χ0) is 15.5. The monoisotopic (exact) mass is 302 g/mol. The fourth-order valence-electron chi connectivity index (χ4n) is 3.62. The van der Waals surface area contributed by atoms with Crippen LogP contribution in [0.2, 0.25) is 0 Å². The molecule has 2 aliphatic carbocycles. The van der Waals surface area contributed by atoms with Crippen molar-refractivity contribution in [2.75, 3.05) is 13.2 Å². The van der Waals surface area contributed by atoms with Gasteiger partial charge in [0, 0.05) is 12.2 Å². The van der Waals surface area contributed by atoms with Gasteiger partial charge < -0.3 is 14.6 Å². The highest BCUT2D eigenvalue weighted by atomic mass is 16.5. The first-order valence-electron chi connectivity index (χ1n) is 8.29. The van der Waals surface area contributed by atoms with Crippen LogP contribution in [0.25, 0.3) is 0 Å². The first-order valence-corrected chi connectivity index (χ1v) is 8.29. The second kappa shape index (κ2) is 6.71. The molecule has 1 fully saturated rings. The number of amides is 1. The zero-order valence-electron chi connectivity index (χ0n) is 13.1. The molecule has 2 radical (unpaired) electrons. The third-order valence-corrected chi connectivity index (χ3v) is 5.02. The number of ether oxygens (including phenoxy) is 1. The minimum Gasteiger partial charge on any atom is -0.449 e. The van der Waals surface area contributed by atoms with Crippen LogP contribution < -0.4 is 5.32 Å². The van der Waals surface area contributed by atoms with E-state index in [1.165, 1.54) is 4.59 Å². The van der Waals surface area contributed by atoms with Gasteiger partial charge in [0.25, 0.3) is 7.98 Å². The lowest BCUT2D eigenvalue weighted by Gasteiger charge is -2.08. The predicted octanol–water partition coefficient (Wildman–Crippen LogP) is 1.48. The van der Waals surface area contributed by atoms with E-state index >= 15 is 0 Å². The van der Waals surface area contributed by atoms with E-state index in [-0.39, 0.29) is 6.09 Å². The van der Waals surface area contributed by atoms with Crippen molar-refractivity contribution in [1.82, 2.24) is 20.2 Å². The highest BCUT2D eigenvalue weighted by Gasteiger charge is 2.50.